The minimum atomic E-state index is -0.609. The minimum Gasteiger partial charge on any atom is -0.348 e. The fourth-order valence-electron chi connectivity index (χ4n) is 1.30. The lowest BCUT2D eigenvalue weighted by Gasteiger charge is -2.11. The van der Waals surface area contributed by atoms with Gasteiger partial charge < -0.3 is 11.1 Å². The Hall–Kier alpha value is -1.68. The largest absolute Gasteiger partial charge is 0.348 e. The molecule has 0 aliphatic rings. The number of rotatable bonds is 5. The second kappa shape index (κ2) is 6.02. The Kier molecular flexibility index (Phi) is 4.66. The summed E-state index contributed by atoms with van der Waals surface area (Å²) >= 11 is 0. The highest BCUT2D eigenvalue weighted by Gasteiger charge is 2.13. The van der Waals surface area contributed by atoms with Crippen molar-refractivity contribution >= 4 is 11.7 Å². The highest BCUT2D eigenvalue weighted by atomic mass is 16.2. The predicted molar refractivity (Wildman–Crippen MR) is 61.8 cm³/mol. The van der Waals surface area contributed by atoms with E-state index in [2.05, 4.69) is 5.32 Å². The Morgan fingerprint density at radius 2 is 1.94 bits per heavy atom. The van der Waals surface area contributed by atoms with Crippen LogP contribution in [0, 0.1) is 0 Å². The van der Waals surface area contributed by atoms with Gasteiger partial charge in [0.05, 0.1) is 12.6 Å². The Labute approximate surface area is 94.8 Å². The van der Waals surface area contributed by atoms with E-state index in [4.69, 9.17) is 5.73 Å². The van der Waals surface area contributed by atoms with E-state index in [1.165, 1.54) is 6.92 Å². The number of carbonyl (C=O) groups excluding carboxylic acids is 2. The zero-order valence-corrected chi connectivity index (χ0v) is 9.27. The van der Waals surface area contributed by atoms with Crippen molar-refractivity contribution in [3.63, 3.8) is 0 Å². The molecule has 0 bridgehead atoms. The lowest BCUT2D eigenvalue weighted by molar-refractivity contribution is -0.125. The van der Waals surface area contributed by atoms with Crippen LogP contribution in [0.15, 0.2) is 30.3 Å². The molecule has 1 atom stereocenters. The van der Waals surface area contributed by atoms with Crippen LogP contribution in [0.3, 0.4) is 0 Å². The van der Waals surface area contributed by atoms with Crippen LogP contribution < -0.4 is 11.1 Å². The zero-order chi connectivity index (χ0) is 12.0. The Balaban J connectivity index is 2.43. The van der Waals surface area contributed by atoms with E-state index >= 15 is 0 Å². The quantitative estimate of drug-likeness (QED) is 0.747. The molecule has 0 aromatic heterocycles. The van der Waals surface area contributed by atoms with Crippen molar-refractivity contribution in [1.82, 2.24) is 5.32 Å². The van der Waals surface area contributed by atoms with Crippen molar-refractivity contribution in [3.05, 3.63) is 35.9 Å². The van der Waals surface area contributed by atoms with E-state index in [1.54, 1.807) is 0 Å². The number of carbonyl (C=O) groups is 2. The van der Waals surface area contributed by atoms with Crippen LogP contribution in [0.4, 0.5) is 0 Å². The van der Waals surface area contributed by atoms with Crippen molar-refractivity contribution in [3.8, 4) is 0 Å². The molecule has 4 heteroatoms. The summed E-state index contributed by atoms with van der Waals surface area (Å²) in [5.74, 6) is -0.376. The van der Waals surface area contributed by atoms with Gasteiger partial charge in [0.25, 0.3) is 0 Å². The Bertz CT molecular complexity index is 363. The van der Waals surface area contributed by atoms with E-state index in [-0.39, 0.29) is 18.2 Å². The van der Waals surface area contributed by atoms with E-state index in [0.29, 0.717) is 6.42 Å². The van der Waals surface area contributed by atoms with Gasteiger partial charge in [-0.2, -0.15) is 0 Å². The number of hydrogen-bond donors (Lipinski definition) is 2. The maximum Gasteiger partial charge on any atom is 0.237 e. The number of ketones is 1. The van der Waals surface area contributed by atoms with Gasteiger partial charge in [-0.3, -0.25) is 9.59 Å². The third-order valence-corrected chi connectivity index (χ3v) is 2.15. The molecule has 0 spiro atoms. The van der Waals surface area contributed by atoms with Crippen molar-refractivity contribution in [2.45, 2.75) is 19.4 Å². The fourth-order valence-corrected chi connectivity index (χ4v) is 1.30. The molecule has 1 aromatic rings. The van der Waals surface area contributed by atoms with E-state index < -0.39 is 6.04 Å². The molecule has 0 heterocycles. The zero-order valence-electron chi connectivity index (χ0n) is 9.27. The van der Waals surface area contributed by atoms with Crippen LogP contribution in [-0.2, 0) is 16.0 Å². The molecule has 0 saturated carbocycles. The van der Waals surface area contributed by atoms with Crippen LogP contribution in [-0.4, -0.2) is 24.3 Å². The standard InChI is InChI=1S/C12H16N2O2/c1-9(15)8-14-12(16)11(13)7-10-5-3-2-4-6-10/h2-6,11H,7-8,13H2,1H3,(H,14,16). The lowest BCUT2D eigenvalue weighted by atomic mass is 10.1. The third-order valence-electron chi connectivity index (χ3n) is 2.15. The van der Waals surface area contributed by atoms with E-state index in [9.17, 15) is 9.59 Å². The van der Waals surface area contributed by atoms with Crippen molar-refractivity contribution in [2.24, 2.45) is 5.73 Å². The average Bonchev–Trinajstić information content (AvgIpc) is 2.27. The van der Waals surface area contributed by atoms with Crippen LogP contribution in [0.5, 0.6) is 0 Å². The molecule has 1 amide bonds. The van der Waals surface area contributed by atoms with Gasteiger partial charge in [0.1, 0.15) is 5.78 Å². The molecule has 0 radical (unpaired) electrons. The highest BCUT2D eigenvalue weighted by molar-refractivity contribution is 5.87. The number of Topliss-reactive ketones (excluding diaryl/α,β-unsaturated/α-hetero) is 1. The van der Waals surface area contributed by atoms with E-state index in [1.807, 2.05) is 30.3 Å². The molecule has 86 valence electrons. The summed E-state index contributed by atoms with van der Waals surface area (Å²) in [4.78, 5) is 22.1. The van der Waals surface area contributed by atoms with Gasteiger partial charge in [-0.1, -0.05) is 30.3 Å². The maximum atomic E-state index is 11.5. The number of nitrogens with two attached hydrogens (primary N) is 1. The minimum absolute atomic E-state index is 0.0430. The van der Waals surface area contributed by atoms with Gasteiger partial charge in [-0.25, -0.2) is 0 Å². The summed E-state index contributed by atoms with van der Waals surface area (Å²) in [5.41, 5.74) is 6.72. The predicted octanol–water partition coefficient (Wildman–Crippen LogP) is 0.262. The van der Waals surface area contributed by atoms with Crippen LogP contribution in [0.25, 0.3) is 0 Å². The monoisotopic (exact) mass is 220 g/mol. The van der Waals surface area contributed by atoms with Gasteiger partial charge in [0, 0.05) is 0 Å². The first-order valence-electron chi connectivity index (χ1n) is 5.16. The van der Waals surface area contributed by atoms with Gasteiger partial charge in [0.2, 0.25) is 5.91 Å². The van der Waals surface area contributed by atoms with Crippen LogP contribution in [0.2, 0.25) is 0 Å². The van der Waals surface area contributed by atoms with Crippen molar-refractivity contribution < 1.29 is 9.59 Å². The molecule has 4 nitrogen and oxygen atoms in total. The third kappa shape index (κ3) is 4.23. The number of amides is 1. The van der Waals surface area contributed by atoms with Gasteiger partial charge in [-0.15, -0.1) is 0 Å². The normalized spacial score (nSPS) is 11.9. The molecule has 16 heavy (non-hydrogen) atoms. The summed E-state index contributed by atoms with van der Waals surface area (Å²) in [6, 6.07) is 8.92. The maximum absolute atomic E-state index is 11.5. The van der Waals surface area contributed by atoms with Crippen molar-refractivity contribution in [1.29, 1.82) is 0 Å². The van der Waals surface area contributed by atoms with Crippen LogP contribution in [0.1, 0.15) is 12.5 Å². The smallest absolute Gasteiger partial charge is 0.237 e. The summed E-state index contributed by atoms with van der Waals surface area (Å²) in [6.45, 7) is 1.46. The second-order valence-electron chi connectivity index (χ2n) is 3.72. The molecule has 0 aliphatic heterocycles. The first-order valence-corrected chi connectivity index (χ1v) is 5.16. The first kappa shape index (κ1) is 12.4. The lowest BCUT2D eigenvalue weighted by Crippen LogP contribution is -2.43. The molecular weight excluding hydrogens is 204 g/mol. The summed E-state index contributed by atoms with van der Waals surface area (Å²) in [6.07, 6.45) is 0.477. The van der Waals surface area contributed by atoms with Gasteiger partial charge in [-0.05, 0) is 18.9 Å². The molecule has 1 rings (SSSR count). The topological polar surface area (TPSA) is 72.2 Å². The van der Waals surface area contributed by atoms with E-state index in [0.717, 1.165) is 5.56 Å². The molecule has 0 aliphatic carbocycles. The second-order valence-corrected chi connectivity index (χ2v) is 3.72. The van der Waals surface area contributed by atoms with Gasteiger partial charge in [0.15, 0.2) is 0 Å². The molecule has 1 unspecified atom stereocenters. The summed E-state index contributed by atoms with van der Waals surface area (Å²) in [5, 5.41) is 2.49. The molecular formula is C12H16N2O2. The average molecular weight is 220 g/mol. The van der Waals surface area contributed by atoms with Crippen molar-refractivity contribution in [2.75, 3.05) is 6.54 Å². The van der Waals surface area contributed by atoms with Crippen LogP contribution >= 0.6 is 0 Å². The highest BCUT2D eigenvalue weighted by Crippen LogP contribution is 2.01. The number of nitrogens with one attached hydrogen (secondary N) is 1. The molecule has 1 aromatic carbocycles. The SMILES string of the molecule is CC(=O)CNC(=O)C(N)Cc1ccccc1. The summed E-state index contributed by atoms with van der Waals surface area (Å²) in [7, 11) is 0. The Morgan fingerprint density at radius 1 is 1.31 bits per heavy atom. The number of hydrogen-bond acceptors (Lipinski definition) is 3. The first-order chi connectivity index (χ1) is 7.59. The van der Waals surface area contributed by atoms with Gasteiger partial charge >= 0.3 is 0 Å². The number of benzene rings is 1. The molecule has 0 saturated heterocycles. The fraction of sp³-hybridized carbons (Fsp3) is 0.333. The molecule has 3 N–H and O–H groups in total. The summed E-state index contributed by atoms with van der Waals surface area (Å²) < 4.78 is 0. The Morgan fingerprint density at radius 3 is 2.50 bits per heavy atom. The molecule has 0 fully saturated rings.